The van der Waals surface area contributed by atoms with Crippen LogP contribution in [0.2, 0.25) is 0 Å². The molecule has 0 amide bonds. The molecule has 0 spiro atoms. The molecule has 1 nitrogen and oxygen atoms in total. The van der Waals surface area contributed by atoms with E-state index in [4.69, 9.17) is 0 Å². The summed E-state index contributed by atoms with van der Waals surface area (Å²) in [4.78, 5) is 0. The van der Waals surface area contributed by atoms with E-state index in [0.29, 0.717) is 10.8 Å². The SMILES string of the molecule is CCN[C@H]1CC2CCC1(C)C2(C)C. The first-order chi connectivity index (χ1) is 6.02. The average molecular weight is 181 g/mol. The van der Waals surface area contributed by atoms with Crippen LogP contribution in [-0.2, 0) is 0 Å². The quantitative estimate of drug-likeness (QED) is 0.690. The van der Waals surface area contributed by atoms with E-state index in [2.05, 4.69) is 33.0 Å². The molecule has 0 radical (unpaired) electrons. The van der Waals surface area contributed by atoms with Crippen molar-refractivity contribution in [3.8, 4) is 0 Å². The first-order valence-electron chi connectivity index (χ1n) is 5.75. The third-order valence-electron chi connectivity index (χ3n) is 5.24. The standard InChI is InChI=1S/C12H23N/c1-5-13-10-8-9-6-7-12(10,4)11(9,2)3/h9-10,13H,5-8H2,1-4H3/t9?,10-,12?/m0/s1. The number of nitrogens with one attached hydrogen (secondary N) is 1. The number of hydrogen-bond acceptors (Lipinski definition) is 1. The zero-order chi connectivity index (χ0) is 9.69. The van der Waals surface area contributed by atoms with Gasteiger partial charge < -0.3 is 5.32 Å². The summed E-state index contributed by atoms with van der Waals surface area (Å²) in [6.07, 6.45) is 4.31. The van der Waals surface area contributed by atoms with E-state index in [-0.39, 0.29) is 0 Å². The lowest BCUT2D eigenvalue weighted by atomic mass is 9.69. The summed E-state index contributed by atoms with van der Waals surface area (Å²) in [5.41, 5.74) is 1.13. The van der Waals surface area contributed by atoms with Gasteiger partial charge in [0.1, 0.15) is 0 Å². The third kappa shape index (κ3) is 1.03. The molecule has 13 heavy (non-hydrogen) atoms. The maximum atomic E-state index is 3.67. The fraction of sp³-hybridized carbons (Fsp3) is 1.00. The Kier molecular flexibility index (Phi) is 1.99. The van der Waals surface area contributed by atoms with Crippen LogP contribution >= 0.6 is 0 Å². The molecule has 0 aromatic carbocycles. The maximum Gasteiger partial charge on any atom is 0.0129 e. The fourth-order valence-corrected chi connectivity index (χ4v) is 3.76. The molecule has 2 unspecified atom stereocenters. The Morgan fingerprint density at radius 1 is 1.31 bits per heavy atom. The highest BCUT2D eigenvalue weighted by atomic mass is 15.0. The highest BCUT2D eigenvalue weighted by molar-refractivity contribution is 5.12. The van der Waals surface area contributed by atoms with Crippen LogP contribution in [0.1, 0.15) is 47.0 Å². The predicted molar refractivity (Wildman–Crippen MR) is 56.7 cm³/mol. The summed E-state index contributed by atoms with van der Waals surface area (Å²) in [6.45, 7) is 10.8. The Morgan fingerprint density at radius 3 is 2.38 bits per heavy atom. The second-order valence-electron chi connectivity index (χ2n) is 5.72. The second-order valence-corrected chi connectivity index (χ2v) is 5.72. The molecule has 76 valence electrons. The Bertz CT molecular complexity index is 209. The molecule has 0 saturated heterocycles. The summed E-state index contributed by atoms with van der Waals surface area (Å²) in [7, 11) is 0. The van der Waals surface area contributed by atoms with Crippen molar-refractivity contribution in [2.75, 3.05) is 6.54 Å². The Labute approximate surface area is 82.3 Å². The smallest absolute Gasteiger partial charge is 0.0129 e. The molecule has 3 atom stereocenters. The Balaban J connectivity index is 2.22. The van der Waals surface area contributed by atoms with Crippen molar-refractivity contribution < 1.29 is 0 Å². The molecule has 0 aliphatic heterocycles. The zero-order valence-electron chi connectivity index (χ0n) is 9.48. The van der Waals surface area contributed by atoms with Crippen LogP contribution in [0.5, 0.6) is 0 Å². The first-order valence-corrected chi connectivity index (χ1v) is 5.75. The van der Waals surface area contributed by atoms with E-state index in [1.807, 2.05) is 0 Å². The van der Waals surface area contributed by atoms with Gasteiger partial charge in [0.25, 0.3) is 0 Å². The topological polar surface area (TPSA) is 12.0 Å². The van der Waals surface area contributed by atoms with E-state index in [1.54, 1.807) is 0 Å². The lowest BCUT2D eigenvalue weighted by Crippen LogP contribution is -2.44. The maximum absolute atomic E-state index is 3.67. The van der Waals surface area contributed by atoms with E-state index >= 15 is 0 Å². The predicted octanol–water partition coefficient (Wildman–Crippen LogP) is 2.81. The van der Waals surface area contributed by atoms with Gasteiger partial charge in [0.2, 0.25) is 0 Å². The van der Waals surface area contributed by atoms with Crippen LogP contribution in [0.4, 0.5) is 0 Å². The summed E-state index contributed by atoms with van der Waals surface area (Å²) in [5, 5.41) is 3.67. The van der Waals surface area contributed by atoms with E-state index in [0.717, 1.165) is 18.5 Å². The normalized spacial score (nSPS) is 47.1. The monoisotopic (exact) mass is 181 g/mol. The average Bonchev–Trinajstić information content (AvgIpc) is 2.37. The van der Waals surface area contributed by atoms with Crippen molar-refractivity contribution in [1.29, 1.82) is 0 Å². The molecule has 0 aromatic heterocycles. The molecule has 2 bridgehead atoms. The number of fused-ring (bicyclic) bond motifs is 2. The van der Waals surface area contributed by atoms with Gasteiger partial charge in [-0.15, -0.1) is 0 Å². The van der Waals surface area contributed by atoms with Gasteiger partial charge in [-0.05, 0) is 42.6 Å². The van der Waals surface area contributed by atoms with Gasteiger partial charge in [0, 0.05) is 6.04 Å². The van der Waals surface area contributed by atoms with Crippen LogP contribution in [0, 0.1) is 16.7 Å². The highest BCUT2D eigenvalue weighted by Gasteiger charge is 2.60. The van der Waals surface area contributed by atoms with Gasteiger partial charge in [-0.1, -0.05) is 27.7 Å². The lowest BCUT2D eigenvalue weighted by molar-refractivity contribution is 0.122. The van der Waals surface area contributed by atoms with Crippen molar-refractivity contribution in [3.63, 3.8) is 0 Å². The fourth-order valence-electron chi connectivity index (χ4n) is 3.76. The summed E-state index contributed by atoms with van der Waals surface area (Å²) in [5.74, 6) is 0.974. The van der Waals surface area contributed by atoms with Crippen LogP contribution in [0.15, 0.2) is 0 Å². The minimum absolute atomic E-state index is 0.563. The van der Waals surface area contributed by atoms with Crippen molar-refractivity contribution in [1.82, 2.24) is 5.32 Å². The van der Waals surface area contributed by atoms with E-state index in [9.17, 15) is 0 Å². The first kappa shape index (κ1) is 9.51. The minimum atomic E-state index is 0.563. The summed E-state index contributed by atoms with van der Waals surface area (Å²) >= 11 is 0. The molecular weight excluding hydrogens is 158 g/mol. The minimum Gasteiger partial charge on any atom is -0.314 e. The van der Waals surface area contributed by atoms with E-state index in [1.165, 1.54) is 19.3 Å². The van der Waals surface area contributed by atoms with Crippen molar-refractivity contribution >= 4 is 0 Å². The molecule has 0 aromatic rings. The van der Waals surface area contributed by atoms with Gasteiger partial charge in [0.15, 0.2) is 0 Å². The van der Waals surface area contributed by atoms with Gasteiger partial charge in [-0.2, -0.15) is 0 Å². The summed E-state index contributed by atoms with van der Waals surface area (Å²) < 4.78 is 0. The van der Waals surface area contributed by atoms with Crippen LogP contribution in [-0.4, -0.2) is 12.6 Å². The molecule has 2 aliphatic rings. The van der Waals surface area contributed by atoms with Crippen molar-refractivity contribution in [2.45, 2.75) is 53.0 Å². The zero-order valence-corrected chi connectivity index (χ0v) is 9.48. The summed E-state index contributed by atoms with van der Waals surface area (Å²) in [6, 6.07) is 0.784. The molecular formula is C12H23N. The third-order valence-corrected chi connectivity index (χ3v) is 5.24. The van der Waals surface area contributed by atoms with Gasteiger partial charge in [-0.3, -0.25) is 0 Å². The lowest BCUT2D eigenvalue weighted by Gasteiger charge is -2.39. The van der Waals surface area contributed by atoms with Crippen LogP contribution in [0.3, 0.4) is 0 Å². The van der Waals surface area contributed by atoms with Gasteiger partial charge in [-0.25, -0.2) is 0 Å². The second kappa shape index (κ2) is 2.73. The van der Waals surface area contributed by atoms with Gasteiger partial charge in [0.05, 0.1) is 0 Å². The van der Waals surface area contributed by atoms with Crippen LogP contribution in [0.25, 0.3) is 0 Å². The largest absolute Gasteiger partial charge is 0.314 e. The van der Waals surface area contributed by atoms with Crippen molar-refractivity contribution in [3.05, 3.63) is 0 Å². The Morgan fingerprint density at radius 2 is 2.00 bits per heavy atom. The molecule has 2 saturated carbocycles. The Hall–Kier alpha value is -0.0400. The highest BCUT2D eigenvalue weighted by Crippen LogP contribution is 2.65. The molecule has 1 heteroatoms. The van der Waals surface area contributed by atoms with E-state index < -0.39 is 0 Å². The van der Waals surface area contributed by atoms with Gasteiger partial charge >= 0.3 is 0 Å². The molecule has 1 N–H and O–H groups in total. The number of rotatable bonds is 2. The van der Waals surface area contributed by atoms with Crippen LogP contribution < -0.4 is 5.32 Å². The molecule has 2 rings (SSSR count). The molecule has 2 fully saturated rings. The number of hydrogen-bond donors (Lipinski definition) is 1. The molecule has 0 heterocycles. The van der Waals surface area contributed by atoms with Crippen molar-refractivity contribution in [2.24, 2.45) is 16.7 Å². The molecule has 2 aliphatic carbocycles.